The highest BCUT2D eigenvalue weighted by Crippen LogP contribution is 2.35. The molecule has 186 valence electrons. The molecule has 0 aliphatic heterocycles. The number of nitrogens with one attached hydrogen (secondary N) is 3. The third-order valence-corrected chi connectivity index (χ3v) is 7.03. The Balaban J connectivity index is 1.31. The molecule has 0 spiro atoms. The lowest BCUT2D eigenvalue weighted by atomic mass is 9.86. The SMILES string of the molecule is O=C(NC1CCC(CNc2[nH]ncc2-c2ccc(Cl)cc2Cl)CC1)c1cc(C(F)(F)F)ccc1Cl. The molecule has 0 unspecified atom stereocenters. The molecule has 0 radical (unpaired) electrons. The van der Waals surface area contributed by atoms with E-state index in [1.165, 1.54) is 0 Å². The number of alkyl halides is 3. The summed E-state index contributed by atoms with van der Waals surface area (Å²) in [7, 11) is 0. The van der Waals surface area contributed by atoms with Crippen LogP contribution in [0.5, 0.6) is 0 Å². The zero-order valence-electron chi connectivity index (χ0n) is 18.4. The number of benzene rings is 2. The summed E-state index contributed by atoms with van der Waals surface area (Å²) in [5.74, 6) is 0.519. The number of anilines is 1. The summed E-state index contributed by atoms with van der Waals surface area (Å²) in [4.78, 5) is 12.6. The molecule has 5 nitrogen and oxygen atoms in total. The molecule has 1 heterocycles. The van der Waals surface area contributed by atoms with Crippen molar-refractivity contribution in [3.63, 3.8) is 0 Å². The molecule has 0 atom stereocenters. The lowest BCUT2D eigenvalue weighted by Gasteiger charge is -2.29. The number of aromatic nitrogens is 2. The maximum atomic E-state index is 13.0. The summed E-state index contributed by atoms with van der Waals surface area (Å²) < 4.78 is 39.0. The fourth-order valence-electron chi connectivity index (χ4n) is 4.23. The van der Waals surface area contributed by atoms with E-state index in [-0.39, 0.29) is 16.6 Å². The first-order chi connectivity index (χ1) is 16.6. The van der Waals surface area contributed by atoms with Gasteiger partial charge in [-0.05, 0) is 61.9 Å². The van der Waals surface area contributed by atoms with Crippen LogP contribution >= 0.6 is 34.8 Å². The Labute approximate surface area is 215 Å². The Bertz CT molecular complexity index is 1210. The second kappa shape index (κ2) is 10.7. The van der Waals surface area contributed by atoms with Gasteiger partial charge in [0.25, 0.3) is 5.91 Å². The second-order valence-corrected chi connectivity index (χ2v) is 9.80. The van der Waals surface area contributed by atoms with Gasteiger partial charge in [-0.3, -0.25) is 9.89 Å². The molecule has 3 N–H and O–H groups in total. The van der Waals surface area contributed by atoms with Gasteiger partial charge in [0.1, 0.15) is 5.82 Å². The predicted octanol–water partition coefficient (Wildman–Crippen LogP) is 7.46. The third-order valence-electron chi connectivity index (χ3n) is 6.15. The van der Waals surface area contributed by atoms with Gasteiger partial charge in [-0.15, -0.1) is 0 Å². The van der Waals surface area contributed by atoms with Crippen LogP contribution in [0.2, 0.25) is 15.1 Å². The first-order valence-corrected chi connectivity index (χ1v) is 12.2. The van der Waals surface area contributed by atoms with Crippen LogP contribution < -0.4 is 10.6 Å². The molecule has 3 aromatic rings. The van der Waals surface area contributed by atoms with E-state index in [9.17, 15) is 18.0 Å². The van der Waals surface area contributed by atoms with Crippen molar-refractivity contribution in [1.29, 1.82) is 0 Å². The van der Waals surface area contributed by atoms with E-state index in [1.54, 1.807) is 18.3 Å². The van der Waals surface area contributed by atoms with Crippen LogP contribution in [-0.2, 0) is 6.18 Å². The van der Waals surface area contributed by atoms with Crippen LogP contribution in [0.1, 0.15) is 41.6 Å². The summed E-state index contributed by atoms with van der Waals surface area (Å²) >= 11 is 18.3. The molecule has 1 aliphatic rings. The zero-order valence-corrected chi connectivity index (χ0v) is 20.6. The van der Waals surface area contributed by atoms with Gasteiger partial charge in [0, 0.05) is 28.7 Å². The predicted molar refractivity (Wildman–Crippen MR) is 132 cm³/mol. The molecule has 1 aromatic heterocycles. The van der Waals surface area contributed by atoms with Gasteiger partial charge in [-0.1, -0.05) is 40.9 Å². The molecule has 1 saturated carbocycles. The highest BCUT2D eigenvalue weighted by Gasteiger charge is 2.32. The van der Waals surface area contributed by atoms with E-state index < -0.39 is 17.6 Å². The molecule has 1 aliphatic carbocycles. The first-order valence-electron chi connectivity index (χ1n) is 11.0. The van der Waals surface area contributed by atoms with Crippen LogP contribution in [0.4, 0.5) is 19.0 Å². The maximum Gasteiger partial charge on any atom is 0.416 e. The molecule has 35 heavy (non-hydrogen) atoms. The molecule has 0 bridgehead atoms. The van der Waals surface area contributed by atoms with Crippen molar-refractivity contribution in [2.45, 2.75) is 37.9 Å². The number of hydrogen-bond acceptors (Lipinski definition) is 3. The average Bonchev–Trinajstić information content (AvgIpc) is 3.26. The van der Waals surface area contributed by atoms with Crippen molar-refractivity contribution in [3.05, 3.63) is 68.8 Å². The highest BCUT2D eigenvalue weighted by molar-refractivity contribution is 6.36. The number of carbonyl (C=O) groups is 1. The molecule has 11 heteroatoms. The van der Waals surface area contributed by atoms with Gasteiger partial charge in [0.05, 0.1) is 27.4 Å². The van der Waals surface area contributed by atoms with Crippen LogP contribution in [0.15, 0.2) is 42.6 Å². The number of aromatic amines is 1. The topological polar surface area (TPSA) is 69.8 Å². The fraction of sp³-hybridized carbons (Fsp3) is 0.333. The van der Waals surface area contributed by atoms with E-state index in [1.807, 2.05) is 6.07 Å². The van der Waals surface area contributed by atoms with Crippen LogP contribution in [0.3, 0.4) is 0 Å². The number of carbonyl (C=O) groups excluding carboxylic acids is 1. The van der Waals surface area contributed by atoms with Gasteiger partial charge in [0.2, 0.25) is 0 Å². The van der Waals surface area contributed by atoms with E-state index in [2.05, 4.69) is 20.8 Å². The van der Waals surface area contributed by atoms with E-state index in [0.29, 0.717) is 35.3 Å². The first kappa shape index (κ1) is 25.7. The Hall–Kier alpha value is -2.42. The fourth-order valence-corrected chi connectivity index (χ4v) is 4.94. The number of amides is 1. The number of halogens is 6. The number of H-pyrrole nitrogens is 1. The summed E-state index contributed by atoms with van der Waals surface area (Å²) in [5, 5.41) is 14.4. The monoisotopic (exact) mass is 544 g/mol. The maximum absolute atomic E-state index is 13.0. The quantitative estimate of drug-likeness (QED) is 0.301. The molecular formula is C24H22Cl3F3N4O. The third kappa shape index (κ3) is 6.23. The molecule has 1 amide bonds. The van der Waals surface area contributed by atoms with Crippen LogP contribution in [0.25, 0.3) is 11.1 Å². The minimum absolute atomic E-state index is 0.00969. The van der Waals surface area contributed by atoms with Crippen molar-refractivity contribution in [3.8, 4) is 11.1 Å². The number of rotatable bonds is 6. The second-order valence-electron chi connectivity index (χ2n) is 8.55. The molecule has 2 aromatic carbocycles. The number of nitrogens with zero attached hydrogens (tertiary/aromatic N) is 1. The van der Waals surface area contributed by atoms with Crippen molar-refractivity contribution >= 4 is 46.5 Å². The summed E-state index contributed by atoms with van der Waals surface area (Å²) in [6.07, 6.45) is 0.279. The van der Waals surface area contributed by atoms with E-state index in [0.717, 1.165) is 48.0 Å². The Morgan fingerprint density at radius 3 is 2.43 bits per heavy atom. The van der Waals surface area contributed by atoms with Crippen molar-refractivity contribution < 1.29 is 18.0 Å². The van der Waals surface area contributed by atoms with Gasteiger partial charge >= 0.3 is 6.18 Å². The largest absolute Gasteiger partial charge is 0.416 e. The Morgan fingerprint density at radius 2 is 1.74 bits per heavy atom. The lowest BCUT2D eigenvalue weighted by Crippen LogP contribution is -2.38. The molecular weight excluding hydrogens is 524 g/mol. The summed E-state index contributed by atoms with van der Waals surface area (Å²) in [6.45, 7) is 0.695. The average molecular weight is 546 g/mol. The van der Waals surface area contributed by atoms with Crippen LogP contribution in [0, 0.1) is 5.92 Å². The smallest absolute Gasteiger partial charge is 0.370 e. The Morgan fingerprint density at radius 1 is 1.00 bits per heavy atom. The van der Waals surface area contributed by atoms with Gasteiger partial charge in [0.15, 0.2) is 0 Å². The standard InChI is InChI=1S/C24H22Cl3F3N4O/c25-15-4-7-17(21(27)10-15)19-12-32-34-22(19)31-11-13-1-5-16(6-2-13)33-23(35)18-9-14(24(28,29)30)3-8-20(18)26/h3-4,7-10,12-13,16H,1-2,5-6,11H2,(H,33,35)(H2,31,32,34). The zero-order chi connectivity index (χ0) is 25.2. The van der Waals surface area contributed by atoms with Gasteiger partial charge in [-0.2, -0.15) is 18.3 Å². The van der Waals surface area contributed by atoms with Crippen molar-refractivity contribution in [2.24, 2.45) is 5.92 Å². The lowest BCUT2D eigenvalue weighted by molar-refractivity contribution is -0.137. The number of hydrogen-bond donors (Lipinski definition) is 3. The minimum Gasteiger partial charge on any atom is -0.370 e. The van der Waals surface area contributed by atoms with Crippen molar-refractivity contribution in [1.82, 2.24) is 15.5 Å². The summed E-state index contributed by atoms with van der Waals surface area (Å²) in [5.41, 5.74) is 0.579. The van der Waals surface area contributed by atoms with Crippen molar-refractivity contribution in [2.75, 3.05) is 11.9 Å². The van der Waals surface area contributed by atoms with Crippen LogP contribution in [-0.4, -0.2) is 28.7 Å². The summed E-state index contributed by atoms with van der Waals surface area (Å²) in [6, 6.07) is 7.92. The van der Waals surface area contributed by atoms with E-state index >= 15 is 0 Å². The molecule has 0 saturated heterocycles. The molecule has 1 fully saturated rings. The van der Waals surface area contributed by atoms with Gasteiger partial charge in [-0.25, -0.2) is 0 Å². The highest BCUT2D eigenvalue weighted by atomic mass is 35.5. The normalized spacial score (nSPS) is 18.3. The molecule has 4 rings (SSSR count). The van der Waals surface area contributed by atoms with E-state index in [4.69, 9.17) is 34.8 Å². The Kier molecular flexibility index (Phi) is 7.83. The minimum atomic E-state index is -4.54. The van der Waals surface area contributed by atoms with Gasteiger partial charge < -0.3 is 10.6 Å².